The molecule has 0 spiro atoms. The molecular formula is C10H12ClFN2O. The average molecular weight is 231 g/mol. The third-order valence-electron chi connectivity index (χ3n) is 1.85. The van der Waals surface area contributed by atoms with E-state index in [1.54, 1.807) is 6.07 Å². The minimum atomic E-state index is -0.464. The number of rotatable bonds is 4. The number of amides is 1. The van der Waals surface area contributed by atoms with Crippen molar-refractivity contribution in [3.8, 4) is 0 Å². The molecule has 5 heteroatoms. The van der Waals surface area contributed by atoms with E-state index in [1.807, 2.05) is 0 Å². The third kappa shape index (κ3) is 3.85. The molecule has 1 amide bonds. The number of carbonyl (C=O) groups excluding carboxylic acids is 1. The zero-order valence-corrected chi connectivity index (χ0v) is 8.85. The summed E-state index contributed by atoms with van der Waals surface area (Å²) in [5.41, 5.74) is 5.97. The molecule has 3 nitrogen and oxygen atoms in total. The summed E-state index contributed by atoms with van der Waals surface area (Å²) in [5.74, 6) is -0.591. The SMILES string of the molecule is NCCC(=O)NCc1ccc(F)c(Cl)c1. The Hall–Kier alpha value is -1.13. The van der Waals surface area contributed by atoms with E-state index in [-0.39, 0.29) is 17.4 Å². The zero-order valence-electron chi connectivity index (χ0n) is 8.09. The lowest BCUT2D eigenvalue weighted by molar-refractivity contribution is -0.121. The van der Waals surface area contributed by atoms with Gasteiger partial charge >= 0.3 is 0 Å². The Labute approximate surface area is 92.4 Å². The first kappa shape index (κ1) is 11.9. The fourth-order valence-electron chi connectivity index (χ4n) is 1.07. The van der Waals surface area contributed by atoms with Crippen LogP contribution < -0.4 is 11.1 Å². The molecule has 0 saturated carbocycles. The maximum Gasteiger partial charge on any atom is 0.221 e. The first-order valence-electron chi connectivity index (χ1n) is 4.54. The van der Waals surface area contributed by atoms with E-state index in [9.17, 15) is 9.18 Å². The number of benzene rings is 1. The Bertz CT molecular complexity index is 357. The van der Waals surface area contributed by atoms with Crippen LogP contribution in [0.3, 0.4) is 0 Å². The summed E-state index contributed by atoms with van der Waals surface area (Å²) in [7, 11) is 0. The second kappa shape index (κ2) is 5.68. The lowest BCUT2D eigenvalue weighted by Gasteiger charge is -2.05. The van der Waals surface area contributed by atoms with E-state index < -0.39 is 5.82 Å². The number of carbonyl (C=O) groups is 1. The predicted molar refractivity (Wildman–Crippen MR) is 56.9 cm³/mol. The highest BCUT2D eigenvalue weighted by Gasteiger charge is 2.02. The molecular weight excluding hydrogens is 219 g/mol. The zero-order chi connectivity index (χ0) is 11.3. The number of nitrogens with two attached hydrogens (primary N) is 1. The van der Waals surface area contributed by atoms with Crippen LogP contribution in [-0.4, -0.2) is 12.5 Å². The standard InChI is InChI=1S/C10H12ClFN2O/c11-8-5-7(1-2-9(8)12)6-14-10(15)3-4-13/h1-2,5H,3-4,6,13H2,(H,14,15). The summed E-state index contributed by atoms with van der Waals surface area (Å²) in [6, 6.07) is 4.33. The molecule has 3 N–H and O–H groups in total. The van der Waals surface area contributed by atoms with Gasteiger partial charge in [0.05, 0.1) is 5.02 Å². The fraction of sp³-hybridized carbons (Fsp3) is 0.300. The van der Waals surface area contributed by atoms with Gasteiger partial charge < -0.3 is 11.1 Å². The molecule has 0 heterocycles. The highest BCUT2D eigenvalue weighted by atomic mass is 35.5. The molecule has 0 aliphatic rings. The monoisotopic (exact) mass is 230 g/mol. The minimum absolute atomic E-state index is 0.0561. The second-order valence-electron chi connectivity index (χ2n) is 3.06. The van der Waals surface area contributed by atoms with Crippen molar-refractivity contribution in [2.75, 3.05) is 6.54 Å². The summed E-state index contributed by atoms with van der Waals surface area (Å²) >= 11 is 5.58. The summed E-state index contributed by atoms with van der Waals surface area (Å²) < 4.78 is 12.8. The van der Waals surface area contributed by atoms with E-state index in [0.29, 0.717) is 13.1 Å². The molecule has 1 rings (SSSR count). The van der Waals surface area contributed by atoms with E-state index >= 15 is 0 Å². The second-order valence-corrected chi connectivity index (χ2v) is 3.47. The van der Waals surface area contributed by atoms with Crippen molar-refractivity contribution >= 4 is 17.5 Å². The van der Waals surface area contributed by atoms with Crippen LogP contribution in [-0.2, 0) is 11.3 Å². The van der Waals surface area contributed by atoms with Crippen LogP contribution in [0.15, 0.2) is 18.2 Å². The molecule has 0 bridgehead atoms. The summed E-state index contributed by atoms with van der Waals surface area (Å²) in [6.45, 7) is 0.648. The molecule has 1 aromatic carbocycles. The molecule has 15 heavy (non-hydrogen) atoms. The van der Waals surface area contributed by atoms with Crippen LogP contribution in [0.4, 0.5) is 4.39 Å². The summed E-state index contributed by atoms with van der Waals surface area (Å²) in [5, 5.41) is 2.70. The minimum Gasteiger partial charge on any atom is -0.352 e. The molecule has 0 atom stereocenters. The van der Waals surface area contributed by atoms with Gasteiger partial charge in [0.15, 0.2) is 0 Å². The van der Waals surface area contributed by atoms with E-state index in [1.165, 1.54) is 12.1 Å². The van der Waals surface area contributed by atoms with Crippen molar-refractivity contribution in [1.82, 2.24) is 5.32 Å². The lowest BCUT2D eigenvalue weighted by atomic mass is 10.2. The molecule has 0 saturated heterocycles. The van der Waals surface area contributed by atoms with E-state index in [4.69, 9.17) is 17.3 Å². The number of nitrogens with one attached hydrogen (secondary N) is 1. The lowest BCUT2D eigenvalue weighted by Crippen LogP contribution is -2.24. The van der Waals surface area contributed by atoms with Gasteiger partial charge in [-0.2, -0.15) is 0 Å². The summed E-state index contributed by atoms with van der Waals surface area (Å²) in [6.07, 6.45) is 0.287. The van der Waals surface area contributed by atoms with E-state index in [2.05, 4.69) is 5.32 Å². The van der Waals surface area contributed by atoms with Crippen LogP contribution in [0.25, 0.3) is 0 Å². The van der Waals surface area contributed by atoms with Crippen LogP contribution in [0.1, 0.15) is 12.0 Å². The van der Waals surface area contributed by atoms with Gasteiger partial charge in [0.25, 0.3) is 0 Å². The normalized spacial score (nSPS) is 10.1. The van der Waals surface area contributed by atoms with Gasteiger partial charge in [-0.05, 0) is 17.7 Å². The van der Waals surface area contributed by atoms with Crippen molar-refractivity contribution in [3.63, 3.8) is 0 Å². The van der Waals surface area contributed by atoms with Gasteiger partial charge in [0, 0.05) is 19.5 Å². The van der Waals surface area contributed by atoms with Crippen LogP contribution in [0.5, 0.6) is 0 Å². The Balaban J connectivity index is 2.51. The first-order valence-corrected chi connectivity index (χ1v) is 4.92. The predicted octanol–water partition coefficient (Wildman–Crippen LogP) is 1.44. The van der Waals surface area contributed by atoms with Crippen molar-refractivity contribution in [3.05, 3.63) is 34.6 Å². The van der Waals surface area contributed by atoms with Crippen molar-refractivity contribution in [2.45, 2.75) is 13.0 Å². The Morgan fingerprint density at radius 1 is 1.53 bits per heavy atom. The van der Waals surface area contributed by atoms with Gasteiger partial charge in [0.1, 0.15) is 5.82 Å². The third-order valence-corrected chi connectivity index (χ3v) is 2.13. The van der Waals surface area contributed by atoms with Crippen LogP contribution >= 0.6 is 11.6 Å². The topological polar surface area (TPSA) is 55.1 Å². The van der Waals surface area contributed by atoms with E-state index in [0.717, 1.165) is 5.56 Å². The summed E-state index contributed by atoms with van der Waals surface area (Å²) in [4.78, 5) is 11.1. The van der Waals surface area contributed by atoms with Crippen molar-refractivity contribution in [1.29, 1.82) is 0 Å². The van der Waals surface area contributed by atoms with Gasteiger partial charge in [-0.15, -0.1) is 0 Å². The number of hydrogen-bond acceptors (Lipinski definition) is 2. The molecule has 0 aromatic heterocycles. The fourth-order valence-corrected chi connectivity index (χ4v) is 1.27. The first-order chi connectivity index (χ1) is 7.13. The highest BCUT2D eigenvalue weighted by Crippen LogP contribution is 2.15. The molecule has 0 unspecified atom stereocenters. The Morgan fingerprint density at radius 2 is 2.27 bits per heavy atom. The van der Waals surface area contributed by atoms with Crippen LogP contribution in [0, 0.1) is 5.82 Å². The van der Waals surface area contributed by atoms with Crippen LogP contribution in [0.2, 0.25) is 5.02 Å². The molecule has 0 aliphatic heterocycles. The Morgan fingerprint density at radius 3 is 2.87 bits per heavy atom. The molecule has 0 fully saturated rings. The maximum atomic E-state index is 12.8. The quantitative estimate of drug-likeness (QED) is 0.823. The van der Waals surface area contributed by atoms with Gasteiger partial charge in [0.2, 0.25) is 5.91 Å². The smallest absolute Gasteiger partial charge is 0.221 e. The van der Waals surface area contributed by atoms with Crippen molar-refractivity contribution < 1.29 is 9.18 Å². The largest absolute Gasteiger partial charge is 0.352 e. The maximum absolute atomic E-state index is 12.8. The average Bonchev–Trinajstić information content (AvgIpc) is 2.20. The van der Waals surface area contributed by atoms with Gasteiger partial charge in [-0.3, -0.25) is 4.79 Å². The molecule has 82 valence electrons. The van der Waals surface area contributed by atoms with Gasteiger partial charge in [-0.25, -0.2) is 4.39 Å². The molecule has 0 radical (unpaired) electrons. The number of hydrogen-bond donors (Lipinski definition) is 2. The molecule has 1 aromatic rings. The van der Waals surface area contributed by atoms with Gasteiger partial charge in [-0.1, -0.05) is 17.7 Å². The highest BCUT2D eigenvalue weighted by molar-refractivity contribution is 6.30. The van der Waals surface area contributed by atoms with Crippen molar-refractivity contribution in [2.24, 2.45) is 5.73 Å². The number of halogens is 2. The Kier molecular flexibility index (Phi) is 4.52. The molecule has 0 aliphatic carbocycles.